The summed E-state index contributed by atoms with van der Waals surface area (Å²) in [4.78, 5) is 39.3. The van der Waals surface area contributed by atoms with Crippen molar-refractivity contribution in [2.24, 2.45) is 0 Å². The minimum atomic E-state index is -4.76. The van der Waals surface area contributed by atoms with Crippen molar-refractivity contribution in [2.45, 2.75) is 31.6 Å². The van der Waals surface area contributed by atoms with E-state index < -0.39 is 21.7 Å². The number of phosphoric acid groups is 1. The molecule has 0 saturated carbocycles. The molecule has 2 heterocycles. The number of benzene rings is 1. The van der Waals surface area contributed by atoms with Crippen LogP contribution in [0.3, 0.4) is 0 Å². The lowest BCUT2D eigenvalue weighted by Crippen LogP contribution is -2.26. The summed E-state index contributed by atoms with van der Waals surface area (Å²) in [5, 5.41) is 0.476. The summed E-state index contributed by atoms with van der Waals surface area (Å²) in [6.45, 7) is 0.970. The lowest BCUT2D eigenvalue weighted by atomic mass is 10.0. The summed E-state index contributed by atoms with van der Waals surface area (Å²) in [6, 6.07) is 4.90. The zero-order chi connectivity index (χ0) is 19.1. The average molecular weight is 404 g/mol. The van der Waals surface area contributed by atoms with Crippen molar-refractivity contribution >= 4 is 26.3 Å². The van der Waals surface area contributed by atoms with Crippen LogP contribution in [0, 0.1) is 0 Å². The van der Waals surface area contributed by atoms with Gasteiger partial charge >= 0.3 is 15.4 Å². The van der Waals surface area contributed by atoms with Crippen LogP contribution in [0.15, 0.2) is 24.4 Å². The van der Waals surface area contributed by atoms with Crippen LogP contribution in [0.5, 0.6) is 5.75 Å². The molecule has 0 bridgehead atoms. The van der Waals surface area contributed by atoms with Crippen molar-refractivity contribution in [1.82, 2.24) is 9.47 Å². The maximum Gasteiger partial charge on any atom is 0.524 e. The fourth-order valence-corrected chi connectivity index (χ4v) is 4.61. The molecule has 1 aromatic heterocycles. The Kier molecular flexibility index (Phi) is 5.34. The van der Waals surface area contributed by atoms with E-state index in [1.54, 1.807) is 12.3 Å². The fourth-order valence-electron chi connectivity index (χ4n) is 3.57. The van der Waals surface area contributed by atoms with Gasteiger partial charge in [0, 0.05) is 17.6 Å². The molecular weight excluding hydrogens is 382 g/mol. The van der Waals surface area contributed by atoms with E-state index in [1.165, 1.54) is 16.7 Å². The van der Waals surface area contributed by atoms with Gasteiger partial charge in [0.1, 0.15) is 12.0 Å². The molecule has 26 heavy (non-hydrogen) atoms. The Labute approximate surface area is 150 Å². The number of likely N-dealkylation sites (N-methyl/N-ethyl adjacent to an activating group) is 1. The summed E-state index contributed by atoms with van der Waals surface area (Å²) in [6.07, 6.45) is 3.78. The molecule has 1 atom stereocenters. The minimum Gasteiger partial charge on any atom is -0.404 e. The number of nitrogens with zero attached hydrogens (tertiary/aromatic N) is 2. The van der Waals surface area contributed by atoms with Gasteiger partial charge < -0.3 is 23.8 Å². The highest BCUT2D eigenvalue weighted by molar-refractivity contribution is 7.50. The van der Waals surface area contributed by atoms with Crippen molar-refractivity contribution in [1.29, 1.82) is 0 Å². The van der Waals surface area contributed by atoms with E-state index in [-0.39, 0.29) is 11.8 Å². The van der Waals surface area contributed by atoms with Gasteiger partial charge in [-0.15, -0.1) is 0 Å². The largest absolute Gasteiger partial charge is 0.524 e. The van der Waals surface area contributed by atoms with Crippen molar-refractivity contribution in [3.05, 3.63) is 30.0 Å². The maximum absolute atomic E-state index is 11.5. The zero-order valence-corrected chi connectivity index (χ0v) is 16.0. The highest BCUT2D eigenvalue weighted by atomic mass is 31.2. The minimum absolute atomic E-state index is 0.0101. The van der Waals surface area contributed by atoms with Crippen LogP contribution in [0.1, 0.15) is 18.4 Å². The second kappa shape index (κ2) is 7.09. The monoisotopic (exact) mass is 404 g/mol. The molecule has 2 aromatic rings. The Morgan fingerprint density at radius 1 is 1.23 bits per heavy atom. The van der Waals surface area contributed by atoms with Crippen LogP contribution in [-0.2, 0) is 21.8 Å². The standard InChI is InChI=1S/C15H22N2O7P2/c1-16-7-3-4-12(16)8-11-9-17(10-25(18,19)20)13-5-2-6-14(15(11)13)24-26(21,22)23/h2,5-6,9,12H,3-4,7-8,10H2,1H3,(H2,18,19,20)(H2,21,22,23)/t12-/m1/s1. The molecule has 0 aliphatic carbocycles. The first-order chi connectivity index (χ1) is 12.0. The number of phosphoric ester groups is 1. The molecule has 0 amide bonds. The SMILES string of the molecule is CN1CCC[C@@H]1Cc1cn(CP(=O)(O)O)c2cccc(OP(=O)(O)O)c12. The van der Waals surface area contributed by atoms with Crippen LogP contribution in [-0.4, -0.2) is 48.7 Å². The van der Waals surface area contributed by atoms with Crippen molar-refractivity contribution in [3.8, 4) is 5.75 Å². The third kappa shape index (κ3) is 4.56. The van der Waals surface area contributed by atoms with Crippen LogP contribution in [0.25, 0.3) is 10.9 Å². The van der Waals surface area contributed by atoms with E-state index in [0.717, 1.165) is 24.9 Å². The van der Waals surface area contributed by atoms with Gasteiger partial charge in [0.15, 0.2) is 0 Å². The molecule has 1 aliphatic heterocycles. The number of aromatic nitrogens is 1. The van der Waals surface area contributed by atoms with Crippen molar-refractivity contribution in [2.75, 3.05) is 13.6 Å². The molecule has 4 N–H and O–H groups in total. The molecule has 3 rings (SSSR count). The summed E-state index contributed by atoms with van der Waals surface area (Å²) in [7, 11) is -7.08. The second-order valence-corrected chi connectivity index (χ2v) is 9.42. The number of rotatable bonds is 6. The first-order valence-electron chi connectivity index (χ1n) is 8.14. The van der Waals surface area contributed by atoms with E-state index in [1.807, 2.05) is 7.05 Å². The topological polar surface area (TPSA) is 132 Å². The molecule has 0 radical (unpaired) electrons. The molecule has 1 fully saturated rings. The molecule has 1 aromatic carbocycles. The van der Waals surface area contributed by atoms with Gasteiger partial charge in [0.25, 0.3) is 0 Å². The molecule has 1 aliphatic rings. The summed E-state index contributed by atoms with van der Waals surface area (Å²) < 4.78 is 29.1. The van der Waals surface area contributed by atoms with Gasteiger partial charge in [0.2, 0.25) is 0 Å². The lowest BCUT2D eigenvalue weighted by molar-refractivity contribution is 0.284. The Morgan fingerprint density at radius 2 is 1.96 bits per heavy atom. The predicted molar refractivity (Wildman–Crippen MR) is 96.0 cm³/mol. The quantitative estimate of drug-likeness (QED) is 0.537. The van der Waals surface area contributed by atoms with Crippen LogP contribution < -0.4 is 4.52 Å². The number of hydrogen-bond donors (Lipinski definition) is 4. The predicted octanol–water partition coefficient (Wildman–Crippen LogP) is 1.88. The van der Waals surface area contributed by atoms with Gasteiger partial charge in [-0.05, 0) is 50.6 Å². The molecule has 1 saturated heterocycles. The van der Waals surface area contributed by atoms with Crippen LogP contribution >= 0.6 is 15.4 Å². The molecule has 11 heteroatoms. The van der Waals surface area contributed by atoms with E-state index in [0.29, 0.717) is 17.3 Å². The zero-order valence-electron chi connectivity index (χ0n) is 14.2. The molecular formula is C15H22N2O7P2. The van der Waals surface area contributed by atoms with Crippen LogP contribution in [0.2, 0.25) is 0 Å². The Morgan fingerprint density at radius 3 is 2.54 bits per heavy atom. The van der Waals surface area contributed by atoms with Gasteiger partial charge in [-0.25, -0.2) is 4.57 Å². The second-order valence-electron chi connectivity index (χ2n) is 6.64. The fraction of sp³-hybridized carbons (Fsp3) is 0.467. The highest BCUT2D eigenvalue weighted by Crippen LogP contribution is 2.44. The molecule has 144 valence electrons. The van der Waals surface area contributed by atoms with E-state index in [9.17, 15) is 28.7 Å². The Bertz CT molecular complexity index is 901. The summed E-state index contributed by atoms with van der Waals surface area (Å²) in [5.41, 5.74) is 1.21. The van der Waals surface area contributed by atoms with Crippen LogP contribution in [0.4, 0.5) is 0 Å². The number of likely N-dealkylation sites (tertiary alicyclic amines) is 1. The third-order valence-corrected chi connectivity index (χ3v) is 5.74. The Hall–Kier alpha value is -1.18. The van der Waals surface area contributed by atoms with Gasteiger partial charge in [0.05, 0.1) is 5.52 Å². The first kappa shape index (κ1) is 19.6. The number of fused-ring (bicyclic) bond motifs is 1. The summed E-state index contributed by atoms with van der Waals surface area (Å²) >= 11 is 0. The molecule has 0 unspecified atom stereocenters. The molecule has 0 spiro atoms. The van der Waals surface area contributed by atoms with E-state index >= 15 is 0 Å². The van der Waals surface area contributed by atoms with Crippen molar-refractivity contribution < 1.29 is 33.2 Å². The van der Waals surface area contributed by atoms with Crippen molar-refractivity contribution in [3.63, 3.8) is 0 Å². The van der Waals surface area contributed by atoms with E-state index in [4.69, 9.17) is 4.52 Å². The highest BCUT2D eigenvalue weighted by Gasteiger charge is 2.27. The van der Waals surface area contributed by atoms with Gasteiger partial charge in [-0.1, -0.05) is 6.07 Å². The van der Waals surface area contributed by atoms with Gasteiger partial charge in [-0.2, -0.15) is 0 Å². The lowest BCUT2D eigenvalue weighted by Gasteiger charge is -2.19. The Balaban J connectivity index is 2.10. The average Bonchev–Trinajstić information content (AvgIpc) is 3.02. The third-order valence-electron chi connectivity index (χ3n) is 4.63. The van der Waals surface area contributed by atoms with Gasteiger partial charge in [-0.3, -0.25) is 14.4 Å². The normalized spacial score (nSPS) is 19.3. The first-order valence-corrected chi connectivity index (χ1v) is 11.5. The number of hydrogen-bond acceptors (Lipinski definition) is 4. The smallest absolute Gasteiger partial charge is 0.404 e. The maximum atomic E-state index is 11.5. The molecule has 9 nitrogen and oxygen atoms in total. The van der Waals surface area contributed by atoms with E-state index in [2.05, 4.69) is 4.90 Å². The summed E-state index contributed by atoms with van der Waals surface area (Å²) in [5.74, 6) is 0.0101.